The first-order valence-electron chi connectivity index (χ1n) is 6.65. The molecule has 0 saturated heterocycles. The highest BCUT2D eigenvalue weighted by atomic mass is 79.9. The molecule has 0 radical (unpaired) electrons. The second-order valence-corrected chi connectivity index (χ2v) is 5.33. The summed E-state index contributed by atoms with van der Waals surface area (Å²) in [6.45, 7) is 2.42. The first-order valence-corrected chi connectivity index (χ1v) is 7.44. The summed E-state index contributed by atoms with van der Waals surface area (Å²) in [4.78, 5) is 12.5. The van der Waals surface area contributed by atoms with Crippen LogP contribution in [0.25, 0.3) is 0 Å². The third kappa shape index (κ3) is 3.78. The van der Waals surface area contributed by atoms with E-state index < -0.39 is 6.10 Å². The Balaban J connectivity index is 2.18. The minimum Gasteiger partial charge on any atom is -0.366 e. The van der Waals surface area contributed by atoms with E-state index in [0.717, 1.165) is 15.6 Å². The molecule has 3 heteroatoms. The first-order chi connectivity index (χ1) is 9.72. The fourth-order valence-corrected chi connectivity index (χ4v) is 2.52. The average molecular weight is 333 g/mol. The zero-order chi connectivity index (χ0) is 14.4. The minimum absolute atomic E-state index is 0.0740. The molecule has 0 bridgehead atoms. The highest BCUT2D eigenvalue weighted by Crippen LogP contribution is 2.23. The number of carbonyl (C=O) groups excluding carboxylic acids is 1. The normalized spacial score (nSPS) is 12.1. The van der Waals surface area contributed by atoms with E-state index in [-0.39, 0.29) is 5.78 Å². The van der Waals surface area contributed by atoms with E-state index in [0.29, 0.717) is 13.0 Å². The Morgan fingerprint density at radius 1 is 1.10 bits per heavy atom. The molecular formula is C17H17BrO2. The Morgan fingerprint density at radius 3 is 2.40 bits per heavy atom. The van der Waals surface area contributed by atoms with Crippen LogP contribution in [0.15, 0.2) is 59.1 Å². The molecule has 104 valence electrons. The predicted molar refractivity (Wildman–Crippen MR) is 83.7 cm³/mol. The van der Waals surface area contributed by atoms with Crippen LogP contribution < -0.4 is 0 Å². The largest absolute Gasteiger partial charge is 0.366 e. The fraction of sp³-hybridized carbons (Fsp3) is 0.235. The van der Waals surface area contributed by atoms with Gasteiger partial charge in [0, 0.05) is 17.5 Å². The van der Waals surface area contributed by atoms with Crippen molar-refractivity contribution >= 4 is 21.7 Å². The van der Waals surface area contributed by atoms with Gasteiger partial charge < -0.3 is 4.74 Å². The van der Waals surface area contributed by atoms with E-state index in [2.05, 4.69) is 15.9 Å². The Kier molecular flexibility index (Phi) is 5.50. The number of ether oxygens (including phenoxy) is 1. The summed E-state index contributed by atoms with van der Waals surface area (Å²) in [6.07, 6.45) is -0.130. The SMILES string of the molecule is CCOC(C(=O)Cc1ccccc1Br)c1ccccc1. The highest BCUT2D eigenvalue weighted by Gasteiger charge is 2.21. The van der Waals surface area contributed by atoms with Crippen LogP contribution in [0, 0.1) is 0 Å². The number of ketones is 1. The monoisotopic (exact) mass is 332 g/mol. The van der Waals surface area contributed by atoms with Crippen LogP contribution in [-0.4, -0.2) is 12.4 Å². The van der Waals surface area contributed by atoms with Crippen LogP contribution in [0.5, 0.6) is 0 Å². The molecule has 0 aliphatic carbocycles. The van der Waals surface area contributed by atoms with Gasteiger partial charge in [-0.25, -0.2) is 0 Å². The van der Waals surface area contributed by atoms with Crippen LogP contribution in [-0.2, 0) is 16.0 Å². The maximum absolute atomic E-state index is 12.5. The maximum Gasteiger partial charge on any atom is 0.170 e. The molecule has 2 rings (SSSR count). The van der Waals surface area contributed by atoms with Gasteiger partial charge >= 0.3 is 0 Å². The fourth-order valence-electron chi connectivity index (χ4n) is 2.09. The van der Waals surface area contributed by atoms with E-state index >= 15 is 0 Å². The van der Waals surface area contributed by atoms with Crippen molar-refractivity contribution in [2.75, 3.05) is 6.61 Å². The van der Waals surface area contributed by atoms with Gasteiger partial charge in [0.15, 0.2) is 5.78 Å². The topological polar surface area (TPSA) is 26.3 Å². The number of rotatable bonds is 6. The summed E-state index contributed by atoms with van der Waals surface area (Å²) in [6, 6.07) is 17.4. The molecule has 0 fully saturated rings. The zero-order valence-electron chi connectivity index (χ0n) is 11.4. The van der Waals surface area contributed by atoms with Gasteiger partial charge in [0.2, 0.25) is 0 Å². The van der Waals surface area contributed by atoms with Crippen molar-refractivity contribution < 1.29 is 9.53 Å². The lowest BCUT2D eigenvalue weighted by Crippen LogP contribution is -2.18. The number of halogens is 1. The summed E-state index contributed by atoms with van der Waals surface area (Å²) in [5, 5.41) is 0. The Labute approximate surface area is 127 Å². The van der Waals surface area contributed by atoms with Gasteiger partial charge in [0.1, 0.15) is 6.10 Å². The molecule has 0 heterocycles. The van der Waals surface area contributed by atoms with Crippen LogP contribution in [0.3, 0.4) is 0 Å². The van der Waals surface area contributed by atoms with Crippen molar-refractivity contribution in [1.29, 1.82) is 0 Å². The van der Waals surface area contributed by atoms with Gasteiger partial charge in [0.25, 0.3) is 0 Å². The van der Waals surface area contributed by atoms with Gasteiger partial charge in [-0.3, -0.25) is 4.79 Å². The smallest absolute Gasteiger partial charge is 0.170 e. The molecule has 2 nitrogen and oxygen atoms in total. The summed E-state index contributed by atoms with van der Waals surface area (Å²) >= 11 is 3.48. The number of Topliss-reactive ketones (excluding diaryl/α,β-unsaturated/α-hetero) is 1. The minimum atomic E-state index is -0.492. The second-order valence-electron chi connectivity index (χ2n) is 4.48. The van der Waals surface area contributed by atoms with Gasteiger partial charge in [-0.1, -0.05) is 64.5 Å². The van der Waals surface area contributed by atoms with Crippen LogP contribution in [0.4, 0.5) is 0 Å². The van der Waals surface area contributed by atoms with E-state index in [1.54, 1.807) is 0 Å². The molecule has 0 aliphatic rings. The molecule has 20 heavy (non-hydrogen) atoms. The van der Waals surface area contributed by atoms with Gasteiger partial charge in [-0.15, -0.1) is 0 Å². The van der Waals surface area contributed by atoms with Crippen LogP contribution in [0.1, 0.15) is 24.2 Å². The number of benzene rings is 2. The average Bonchev–Trinajstić information content (AvgIpc) is 2.48. The molecule has 0 amide bonds. The Bertz CT molecular complexity index is 566. The summed E-state index contributed by atoms with van der Waals surface area (Å²) in [7, 11) is 0. The van der Waals surface area contributed by atoms with Gasteiger partial charge in [-0.2, -0.15) is 0 Å². The molecule has 0 saturated carbocycles. The summed E-state index contributed by atoms with van der Waals surface area (Å²) < 4.78 is 6.59. The third-order valence-corrected chi connectivity index (χ3v) is 3.82. The number of hydrogen-bond acceptors (Lipinski definition) is 2. The molecule has 0 N–H and O–H groups in total. The second kappa shape index (κ2) is 7.36. The van der Waals surface area contributed by atoms with E-state index in [1.807, 2.05) is 61.5 Å². The Hall–Kier alpha value is -1.45. The molecule has 2 aromatic rings. The van der Waals surface area contributed by atoms with Crippen LogP contribution >= 0.6 is 15.9 Å². The summed E-state index contributed by atoms with van der Waals surface area (Å²) in [5.41, 5.74) is 1.89. The van der Waals surface area contributed by atoms with Gasteiger partial charge in [-0.05, 0) is 24.1 Å². The van der Waals surface area contributed by atoms with Crippen molar-refractivity contribution in [3.63, 3.8) is 0 Å². The van der Waals surface area contributed by atoms with Gasteiger partial charge in [0.05, 0.1) is 0 Å². The predicted octanol–water partition coefficient (Wildman–Crippen LogP) is 4.34. The standard InChI is InChI=1S/C17H17BrO2/c1-2-20-17(13-8-4-3-5-9-13)16(19)12-14-10-6-7-11-15(14)18/h3-11,17H,2,12H2,1H3. The van der Waals surface area contributed by atoms with E-state index in [4.69, 9.17) is 4.74 Å². The molecule has 1 unspecified atom stereocenters. The molecule has 0 aromatic heterocycles. The summed E-state index contributed by atoms with van der Waals surface area (Å²) in [5.74, 6) is 0.0740. The zero-order valence-corrected chi connectivity index (χ0v) is 13.0. The molecule has 1 atom stereocenters. The Morgan fingerprint density at radius 2 is 1.75 bits per heavy atom. The van der Waals surface area contributed by atoms with Crippen molar-refractivity contribution in [1.82, 2.24) is 0 Å². The van der Waals surface area contributed by atoms with Crippen molar-refractivity contribution in [3.05, 3.63) is 70.2 Å². The van der Waals surface area contributed by atoms with Crippen LogP contribution in [0.2, 0.25) is 0 Å². The van der Waals surface area contributed by atoms with Crippen molar-refractivity contribution in [2.45, 2.75) is 19.4 Å². The number of carbonyl (C=O) groups is 1. The lowest BCUT2D eigenvalue weighted by Gasteiger charge is -2.16. The number of hydrogen-bond donors (Lipinski definition) is 0. The molecule has 2 aromatic carbocycles. The van der Waals surface area contributed by atoms with Crippen molar-refractivity contribution in [3.8, 4) is 0 Å². The first kappa shape index (κ1) is 14.9. The maximum atomic E-state index is 12.5. The molecule has 0 aliphatic heterocycles. The lowest BCUT2D eigenvalue weighted by molar-refractivity contribution is -0.130. The lowest BCUT2D eigenvalue weighted by atomic mass is 10.00. The van der Waals surface area contributed by atoms with E-state index in [1.165, 1.54) is 0 Å². The molecular weight excluding hydrogens is 316 g/mol. The third-order valence-electron chi connectivity index (χ3n) is 3.05. The quantitative estimate of drug-likeness (QED) is 0.786. The highest BCUT2D eigenvalue weighted by molar-refractivity contribution is 9.10. The van der Waals surface area contributed by atoms with E-state index in [9.17, 15) is 4.79 Å². The molecule has 0 spiro atoms. The van der Waals surface area contributed by atoms with Crippen molar-refractivity contribution in [2.24, 2.45) is 0 Å².